The molecule has 1 saturated heterocycles. The van der Waals surface area contributed by atoms with E-state index < -0.39 is 0 Å². The Hall–Kier alpha value is -1.06. The van der Waals surface area contributed by atoms with Gasteiger partial charge in [-0.25, -0.2) is 0 Å². The zero-order valence-corrected chi connectivity index (χ0v) is 12.3. The monoisotopic (exact) mass is 308 g/mol. The maximum atomic E-state index is 6.01. The fourth-order valence-corrected chi connectivity index (χ4v) is 2.28. The summed E-state index contributed by atoms with van der Waals surface area (Å²) in [7, 11) is 0. The van der Waals surface area contributed by atoms with Crippen LogP contribution in [0.5, 0.6) is 0 Å². The maximum absolute atomic E-state index is 6.01. The number of rotatable bonds is 5. The molecule has 0 radical (unpaired) electrons. The van der Waals surface area contributed by atoms with Gasteiger partial charge in [-0.1, -0.05) is 47.5 Å². The second-order valence-corrected chi connectivity index (χ2v) is 5.64. The third-order valence-corrected chi connectivity index (χ3v) is 3.70. The minimum atomic E-state index is -0.131. The van der Waals surface area contributed by atoms with Gasteiger partial charge in [-0.3, -0.25) is 0 Å². The van der Waals surface area contributed by atoms with Crippen LogP contribution >= 0.6 is 23.2 Å². The van der Waals surface area contributed by atoms with Crippen LogP contribution in [0.1, 0.15) is 17.2 Å². The summed E-state index contributed by atoms with van der Waals surface area (Å²) < 4.78 is 11.2. The lowest BCUT2D eigenvalue weighted by molar-refractivity contribution is 0.0672. The topological polar surface area (TPSA) is 21.8 Å². The zero-order valence-electron chi connectivity index (χ0n) is 10.8. The molecule has 104 valence electrons. The Bertz CT molecular complexity index is 517. The van der Waals surface area contributed by atoms with Crippen molar-refractivity contribution < 1.29 is 9.47 Å². The van der Waals surface area contributed by atoms with Crippen LogP contribution in [-0.4, -0.2) is 19.3 Å². The van der Waals surface area contributed by atoms with Gasteiger partial charge in [0.15, 0.2) is 0 Å². The molecule has 2 aromatic carbocycles. The highest BCUT2D eigenvalue weighted by molar-refractivity contribution is 6.30. The van der Waals surface area contributed by atoms with Crippen LogP contribution in [0.4, 0.5) is 0 Å². The van der Waals surface area contributed by atoms with Crippen LogP contribution in [0.25, 0.3) is 0 Å². The number of benzene rings is 2. The predicted octanol–water partition coefficient (Wildman–Crippen LogP) is 4.50. The molecule has 4 heteroatoms. The van der Waals surface area contributed by atoms with Crippen LogP contribution < -0.4 is 0 Å². The first-order valence-corrected chi connectivity index (χ1v) is 7.22. The minimum Gasteiger partial charge on any atom is -0.371 e. The third-order valence-electron chi connectivity index (χ3n) is 3.20. The molecule has 1 fully saturated rings. The number of halogens is 2. The van der Waals surface area contributed by atoms with Crippen LogP contribution in [-0.2, 0) is 9.47 Å². The first kappa shape index (κ1) is 13.9. The van der Waals surface area contributed by atoms with Gasteiger partial charge in [0, 0.05) is 10.0 Å². The lowest BCUT2D eigenvalue weighted by atomic mass is 10.0. The Morgan fingerprint density at radius 3 is 1.80 bits per heavy atom. The van der Waals surface area contributed by atoms with Gasteiger partial charge in [0.2, 0.25) is 0 Å². The van der Waals surface area contributed by atoms with Crippen molar-refractivity contribution in [2.45, 2.75) is 12.2 Å². The normalized spacial score (nSPS) is 17.4. The van der Waals surface area contributed by atoms with Crippen molar-refractivity contribution in [3.63, 3.8) is 0 Å². The van der Waals surface area contributed by atoms with Crippen molar-refractivity contribution in [3.05, 3.63) is 69.7 Å². The van der Waals surface area contributed by atoms with Gasteiger partial charge in [0.1, 0.15) is 12.2 Å². The SMILES string of the molecule is Clc1ccc(C(OC[C@H]2CO2)c2ccc(Cl)cc2)cc1. The molecule has 2 nitrogen and oxygen atoms in total. The average Bonchev–Trinajstić information content (AvgIpc) is 3.27. The van der Waals surface area contributed by atoms with Crippen LogP contribution in [0.15, 0.2) is 48.5 Å². The Morgan fingerprint density at radius 1 is 0.950 bits per heavy atom. The molecule has 20 heavy (non-hydrogen) atoms. The first-order chi connectivity index (χ1) is 9.72. The highest BCUT2D eigenvalue weighted by Gasteiger charge is 2.25. The first-order valence-electron chi connectivity index (χ1n) is 6.46. The summed E-state index contributed by atoms with van der Waals surface area (Å²) in [5, 5.41) is 1.43. The van der Waals surface area contributed by atoms with Crippen molar-refractivity contribution in [2.24, 2.45) is 0 Å². The Labute approximate surface area is 128 Å². The van der Waals surface area contributed by atoms with Crippen molar-refractivity contribution in [2.75, 3.05) is 13.2 Å². The van der Waals surface area contributed by atoms with Gasteiger partial charge in [-0.2, -0.15) is 0 Å². The Kier molecular flexibility index (Phi) is 4.27. The van der Waals surface area contributed by atoms with Crippen LogP contribution in [0, 0.1) is 0 Å². The molecule has 1 aliphatic rings. The predicted molar refractivity (Wildman–Crippen MR) is 80.4 cm³/mol. The van der Waals surface area contributed by atoms with E-state index in [1.165, 1.54) is 0 Å². The summed E-state index contributed by atoms with van der Waals surface area (Å²) >= 11 is 11.9. The summed E-state index contributed by atoms with van der Waals surface area (Å²) in [5.74, 6) is 0. The number of ether oxygens (including phenoxy) is 2. The Morgan fingerprint density at radius 2 is 1.40 bits per heavy atom. The van der Waals surface area contributed by atoms with Gasteiger partial charge in [0.25, 0.3) is 0 Å². The highest BCUT2D eigenvalue weighted by atomic mass is 35.5. The largest absolute Gasteiger partial charge is 0.371 e. The standard InChI is InChI=1S/C16H14Cl2O2/c17-13-5-1-11(2-6-13)16(20-10-15-9-19-15)12-3-7-14(18)8-4-12/h1-8,15-16H,9-10H2/t15-/m1/s1. The van der Waals surface area contributed by atoms with Crippen molar-refractivity contribution in [1.82, 2.24) is 0 Å². The van der Waals surface area contributed by atoms with Crippen molar-refractivity contribution >= 4 is 23.2 Å². The molecule has 0 unspecified atom stereocenters. The number of hydrogen-bond donors (Lipinski definition) is 0. The molecule has 0 amide bonds. The fourth-order valence-electron chi connectivity index (χ4n) is 2.03. The highest BCUT2D eigenvalue weighted by Crippen LogP contribution is 2.29. The van der Waals surface area contributed by atoms with E-state index in [9.17, 15) is 0 Å². The molecular formula is C16H14Cl2O2. The summed E-state index contributed by atoms with van der Waals surface area (Å²) in [4.78, 5) is 0. The third kappa shape index (κ3) is 3.53. The maximum Gasteiger partial charge on any atom is 0.108 e. The lowest BCUT2D eigenvalue weighted by Gasteiger charge is -2.18. The van der Waals surface area contributed by atoms with Crippen LogP contribution in [0.3, 0.4) is 0 Å². The molecule has 1 heterocycles. The van der Waals surface area contributed by atoms with E-state index in [0.29, 0.717) is 16.7 Å². The lowest BCUT2D eigenvalue weighted by Crippen LogP contribution is -2.10. The molecule has 0 spiro atoms. The summed E-state index contributed by atoms with van der Waals surface area (Å²) in [6.45, 7) is 1.38. The molecule has 0 aliphatic carbocycles. The van der Waals surface area contributed by atoms with E-state index in [2.05, 4.69) is 0 Å². The molecule has 0 N–H and O–H groups in total. The molecule has 1 atom stereocenters. The smallest absolute Gasteiger partial charge is 0.108 e. The fraction of sp³-hybridized carbons (Fsp3) is 0.250. The van der Waals surface area contributed by atoms with Gasteiger partial charge in [0.05, 0.1) is 13.2 Å². The molecule has 1 aliphatic heterocycles. The van der Waals surface area contributed by atoms with Crippen molar-refractivity contribution in [3.8, 4) is 0 Å². The van der Waals surface area contributed by atoms with E-state index in [0.717, 1.165) is 17.7 Å². The number of epoxide rings is 1. The molecular weight excluding hydrogens is 295 g/mol. The summed E-state index contributed by atoms with van der Waals surface area (Å²) in [6.07, 6.45) is 0.103. The van der Waals surface area contributed by atoms with Crippen molar-refractivity contribution in [1.29, 1.82) is 0 Å². The van der Waals surface area contributed by atoms with Gasteiger partial charge < -0.3 is 9.47 Å². The van der Waals surface area contributed by atoms with E-state index in [1.807, 2.05) is 48.5 Å². The Balaban J connectivity index is 1.85. The van der Waals surface area contributed by atoms with E-state index in [4.69, 9.17) is 32.7 Å². The second kappa shape index (κ2) is 6.15. The molecule has 3 rings (SSSR count). The van der Waals surface area contributed by atoms with Gasteiger partial charge in [-0.15, -0.1) is 0 Å². The molecule has 0 bridgehead atoms. The van der Waals surface area contributed by atoms with Gasteiger partial charge >= 0.3 is 0 Å². The van der Waals surface area contributed by atoms with E-state index in [-0.39, 0.29) is 12.2 Å². The quantitative estimate of drug-likeness (QED) is 0.759. The zero-order chi connectivity index (χ0) is 13.9. The summed E-state index contributed by atoms with van der Waals surface area (Å²) in [6, 6.07) is 15.4. The van der Waals surface area contributed by atoms with Crippen LogP contribution in [0.2, 0.25) is 10.0 Å². The average molecular weight is 309 g/mol. The minimum absolute atomic E-state index is 0.131. The van der Waals surface area contributed by atoms with E-state index >= 15 is 0 Å². The molecule has 0 saturated carbocycles. The van der Waals surface area contributed by atoms with E-state index in [1.54, 1.807) is 0 Å². The molecule has 0 aromatic heterocycles. The summed E-state index contributed by atoms with van der Waals surface area (Å²) in [5.41, 5.74) is 2.13. The van der Waals surface area contributed by atoms with Gasteiger partial charge in [-0.05, 0) is 35.4 Å². The molecule has 2 aromatic rings. The number of hydrogen-bond acceptors (Lipinski definition) is 2. The second-order valence-electron chi connectivity index (χ2n) is 4.77.